The number of carbonyl (C=O) groups is 1. The van der Waals surface area contributed by atoms with Gasteiger partial charge in [0.15, 0.2) is 0 Å². The SMILES string of the molecule is C=CCn1c(=O)c(=O)n(CCC(=O)NCc2cccc(Cl)c2)c2ccccc21. The van der Waals surface area contributed by atoms with Crippen LogP contribution in [-0.4, -0.2) is 15.0 Å². The molecular weight excluding hydrogens is 378 g/mol. The molecule has 1 N–H and O–H groups in total. The van der Waals surface area contributed by atoms with Crippen molar-refractivity contribution in [3.8, 4) is 0 Å². The van der Waals surface area contributed by atoms with Gasteiger partial charge in [-0.25, -0.2) is 0 Å². The topological polar surface area (TPSA) is 73.1 Å². The summed E-state index contributed by atoms with van der Waals surface area (Å²) in [5.74, 6) is -0.216. The molecular formula is C21H20ClN3O3. The van der Waals surface area contributed by atoms with Gasteiger partial charge in [-0.3, -0.25) is 19.0 Å². The maximum absolute atomic E-state index is 12.6. The van der Waals surface area contributed by atoms with E-state index in [0.717, 1.165) is 5.56 Å². The first-order valence-electron chi connectivity index (χ1n) is 8.85. The van der Waals surface area contributed by atoms with Crippen LogP contribution in [-0.2, 0) is 24.4 Å². The van der Waals surface area contributed by atoms with E-state index in [-0.39, 0.29) is 25.4 Å². The van der Waals surface area contributed by atoms with E-state index in [9.17, 15) is 14.4 Å². The summed E-state index contributed by atoms with van der Waals surface area (Å²) in [4.78, 5) is 37.2. The highest BCUT2D eigenvalue weighted by molar-refractivity contribution is 6.30. The van der Waals surface area contributed by atoms with Gasteiger partial charge in [0.25, 0.3) is 0 Å². The van der Waals surface area contributed by atoms with Crippen molar-refractivity contribution in [1.29, 1.82) is 0 Å². The summed E-state index contributed by atoms with van der Waals surface area (Å²) in [5, 5.41) is 3.40. The normalized spacial score (nSPS) is 10.8. The number of aryl methyl sites for hydroxylation is 1. The zero-order valence-corrected chi connectivity index (χ0v) is 16.0. The van der Waals surface area contributed by atoms with Crippen molar-refractivity contribution >= 4 is 28.5 Å². The fourth-order valence-corrected chi connectivity index (χ4v) is 3.26. The van der Waals surface area contributed by atoms with Crippen molar-refractivity contribution in [1.82, 2.24) is 14.5 Å². The number of aromatic nitrogens is 2. The highest BCUT2D eigenvalue weighted by Gasteiger charge is 2.13. The minimum absolute atomic E-state index is 0.0787. The predicted molar refractivity (Wildman–Crippen MR) is 111 cm³/mol. The van der Waals surface area contributed by atoms with Crippen molar-refractivity contribution < 1.29 is 4.79 Å². The van der Waals surface area contributed by atoms with Gasteiger partial charge in [0.1, 0.15) is 0 Å². The molecule has 0 unspecified atom stereocenters. The van der Waals surface area contributed by atoms with E-state index in [4.69, 9.17) is 11.6 Å². The standard InChI is InChI=1S/C21H20ClN3O3/c1-2-11-24-17-8-3-4-9-18(17)25(21(28)20(24)27)12-10-19(26)23-14-15-6-5-7-16(22)13-15/h2-9,13H,1,10-12,14H2,(H,23,26). The molecule has 0 aliphatic heterocycles. The molecule has 1 amide bonds. The molecule has 1 aromatic heterocycles. The summed E-state index contributed by atoms with van der Waals surface area (Å²) in [5.41, 5.74) is 0.847. The van der Waals surface area contributed by atoms with Crippen LogP contribution in [0.1, 0.15) is 12.0 Å². The summed E-state index contributed by atoms with van der Waals surface area (Å²) in [6, 6.07) is 14.3. The zero-order chi connectivity index (χ0) is 20.1. The number of benzene rings is 2. The Morgan fingerprint density at radius 2 is 1.71 bits per heavy atom. The highest BCUT2D eigenvalue weighted by atomic mass is 35.5. The first-order valence-corrected chi connectivity index (χ1v) is 9.23. The number of para-hydroxylation sites is 2. The molecule has 0 atom stereocenters. The number of rotatable bonds is 7. The molecule has 144 valence electrons. The van der Waals surface area contributed by atoms with Crippen molar-refractivity contribution in [3.05, 3.63) is 92.5 Å². The first-order chi connectivity index (χ1) is 13.5. The number of halogens is 1. The molecule has 0 spiro atoms. The van der Waals surface area contributed by atoms with Crippen LogP contribution in [0.5, 0.6) is 0 Å². The highest BCUT2D eigenvalue weighted by Crippen LogP contribution is 2.12. The molecule has 0 radical (unpaired) electrons. The summed E-state index contributed by atoms with van der Waals surface area (Å²) in [6.07, 6.45) is 1.65. The van der Waals surface area contributed by atoms with Gasteiger partial charge < -0.3 is 9.88 Å². The number of nitrogens with zero attached hydrogens (tertiary/aromatic N) is 2. The van der Waals surface area contributed by atoms with Crippen molar-refractivity contribution in [3.63, 3.8) is 0 Å². The number of allylic oxidation sites excluding steroid dienone is 1. The molecule has 0 aliphatic carbocycles. The van der Waals surface area contributed by atoms with Gasteiger partial charge in [0, 0.05) is 31.1 Å². The summed E-state index contributed by atoms with van der Waals surface area (Å²) < 4.78 is 2.75. The van der Waals surface area contributed by atoms with Gasteiger partial charge in [0.05, 0.1) is 11.0 Å². The lowest BCUT2D eigenvalue weighted by molar-refractivity contribution is -0.121. The maximum Gasteiger partial charge on any atom is 0.317 e. The molecule has 0 saturated heterocycles. The third-order valence-corrected chi connectivity index (χ3v) is 4.62. The van der Waals surface area contributed by atoms with Gasteiger partial charge in [-0.2, -0.15) is 0 Å². The van der Waals surface area contributed by atoms with E-state index in [1.165, 1.54) is 9.13 Å². The van der Waals surface area contributed by atoms with Crippen LogP contribution >= 0.6 is 11.6 Å². The second-order valence-corrected chi connectivity index (χ2v) is 6.74. The number of nitrogens with one attached hydrogen (secondary N) is 1. The monoisotopic (exact) mass is 397 g/mol. The molecule has 6 nitrogen and oxygen atoms in total. The summed E-state index contributed by atoms with van der Waals surface area (Å²) in [6.45, 7) is 4.34. The minimum Gasteiger partial charge on any atom is -0.352 e. The van der Waals surface area contributed by atoms with Crippen LogP contribution in [0.25, 0.3) is 11.0 Å². The fraction of sp³-hybridized carbons (Fsp3) is 0.190. The van der Waals surface area contributed by atoms with Gasteiger partial charge in [-0.15, -0.1) is 6.58 Å². The minimum atomic E-state index is -0.650. The molecule has 0 saturated carbocycles. The summed E-state index contributed by atoms with van der Waals surface area (Å²) in [7, 11) is 0. The van der Waals surface area contributed by atoms with Crippen LogP contribution in [0.2, 0.25) is 5.02 Å². The van der Waals surface area contributed by atoms with Gasteiger partial charge >= 0.3 is 11.1 Å². The van der Waals surface area contributed by atoms with Crippen LogP contribution < -0.4 is 16.4 Å². The van der Waals surface area contributed by atoms with E-state index < -0.39 is 11.1 Å². The quantitative estimate of drug-likeness (QED) is 0.492. The van der Waals surface area contributed by atoms with E-state index in [2.05, 4.69) is 11.9 Å². The Morgan fingerprint density at radius 1 is 1.04 bits per heavy atom. The molecule has 0 fully saturated rings. The lowest BCUT2D eigenvalue weighted by Crippen LogP contribution is -2.42. The zero-order valence-electron chi connectivity index (χ0n) is 15.2. The third kappa shape index (κ3) is 4.23. The Morgan fingerprint density at radius 3 is 2.39 bits per heavy atom. The largest absolute Gasteiger partial charge is 0.352 e. The smallest absolute Gasteiger partial charge is 0.317 e. The maximum atomic E-state index is 12.6. The Bertz CT molecular complexity index is 1150. The second kappa shape index (κ2) is 8.71. The molecule has 0 aliphatic rings. The molecule has 1 heterocycles. The van der Waals surface area contributed by atoms with Crippen molar-refractivity contribution in [2.75, 3.05) is 0 Å². The second-order valence-electron chi connectivity index (χ2n) is 6.31. The average molecular weight is 398 g/mol. The van der Waals surface area contributed by atoms with Crippen LogP contribution in [0.3, 0.4) is 0 Å². The summed E-state index contributed by atoms with van der Waals surface area (Å²) >= 11 is 5.94. The number of amides is 1. The lowest BCUT2D eigenvalue weighted by atomic mass is 10.2. The molecule has 2 aromatic carbocycles. The number of hydrogen-bond donors (Lipinski definition) is 1. The number of fused-ring (bicyclic) bond motifs is 1. The average Bonchev–Trinajstić information content (AvgIpc) is 2.70. The predicted octanol–water partition coefficient (Wildman–Crippen LogP) is 2.71. The Balaban J connectivity index is 1.79. The molecule has 28 heavy (non-hydrogen) atoms. The Labute approximate surface area is 166 Å². The van der Waals surface area contributed by atoms with Gasteiger partial charge in [0.2, 0.25) is 5.91 Å². The van der Waals surface area contributed by atoms with Gasteiger partial charge in [-0.1, -0.05) is 41.9 Å². The lowest BCUT2D eigenvalue weighted by Gasteiger charge is -2.14. The third-order valence-electron chi connectivity index (χ3n) is 4.39. The fourth-order valence-electron chi connectivity index (χ4n) is 3.05. The Kier molecular flexibility index (Phi) is 6.11. The van der Waals surface area contributed by atoms with E-state index in [0.29, 0.717) is 22.6 Å². The molecule has 0 bridgehead atoms. The number of hydrogen-bond acceptors (Lipinski definition) is 3. The van der Waals surface area contributed by atoms with Crippen LogP contribution in [0.4, 0.5) is 0 Å². The molecule has 7 heteroatoms. The molecule has 3 aromatic rings. The first kappa shape index (κ1) is 19.6. The van der Waals surface area contributed by atoms with E-state index in [1.54, 1.807) is 42.5 Å². The van der Waals surface area contributed by atoms with E-state index in [1.807, 2.05) is 12.1 Å². The van der Waals surface area contributed by atoms with Crippen molar-refractivity contribution in [2.45, 2.75) is 26.1 Å². The van der Waals surface area contributed by atoms with Gasteiger partial charge in [-0.05, 0) is 29.8 Å². The number of carbonyl (C=O) groups excluding carboxylic acids is 1. The Hall–Kier alpha value is -3.12. The van der Waals surface area contributed by atoms with Crippen molar-refractivity contribution in [2.24, 2.45) is 0 Å². The van der Waals surface area contributed by atoms with Crippen LogP contribution in [0, 0.1) is 0 Å². The van der Waals surface area contributed by atoms with E-state index >= 15 is 0 Å². The molecule has 3 rings (SSSR count). The van der Waals surface area contributed by atoms with Crippen LogP contribution in [0.15, 0.2) is 70.8 Å².